The average Bonchev–Trinajstić information content (AvgIpc) is 2.14. The van der Waals surface area contributed by atoms with Gasteiger partial charge in [-0.3, -0.25) is 4.79 Å². The lowest BCUT2D eigenvalue weighted by Gasteiger charge is -2.05. The number of aryl methyl sites for hydroxylation is 2. The number of unbranched alkanes of at least 4 members (excludes halogenated alkanes) is 1. The molecule has 0 fully saturated rings. The van der Waals surface area contributed by atoms with E-state index < -0.39 is 5.97 Å². The molecule has 0 atom stereocenters. The van der Waals surface area contributed by atoms with E-state index in [0.717, 1.165) is 23.7 Å². The molecule has 0 saturated heterocycles. The number of halogens is 1. The summed E-state index contributed by atoms with van der Waals surface area (Å²) in [4.78, 5) is 10.3. The zero-order valence-corrected chi connectivity index (χ0v) is 10.4. The first kappa shape index (κ1) is 12.2. The minimum Gasteiger partial charge on any atom is -0.481 e. The highest BCUT2D eigenvalue weighted by Crippen LogP contribution is 2.17. The van der Waals surface area contributed by atoms with Crippen molar-refractivity contribution in [2.45, 2.75) is 32.6 Å². The second kappa shape index (κ2) is 5.91. The Morgan fingerprint density at radius 3 is 2.73 bits per heavy atom. The van der Waals surface area contributed by atoms with E-state index in [1.165, 1.54) is 11.1 Å². The third kappa shape index (κ3) is 4.47. The summed E-state index contributed by atoms with van der Waals surface area (Å²) in [7, 11) is 0. The van der Waals surface area contributed by atoms with E-state index in [0.29, 0.717) is 0 Å². The van der Waals surface area contributed by atoms with Gasteiger partial charge in [-0.2, -0.15) is 0 Å². The lowest BCUT2D eigenvalue weighted by molar-refractivity contribution is -0.137. The lowest BCUT2D eigenvalue weighted by Crippen LogP contribution is -1.95. The predicted octanol–water partition coefficient (Wildman–Crippen LogP) is 3.55. The van der Waals surface area contributed by atoms with Gasteiger partial charge in [0.05, 0.1) is 0 Å². The molecule has 0 aliphatic heterocycles. The van der Waals surface area contributed by atoms with E-state index in [9.17, 15) is 4.79 Å². The molecular formula is C12H15BrO2. The van der Waals surface area contributed by atoms with E-state index in [1.54, 1.807) is 0 Å². The van der Waals surface area contributed by atoms with Crippen LogP contribution < -0.4 is 0 Å². The topological polar surface area (TPSA) is 37.3 Å². The van der Waals surface area contributed by atoms with Gasteiger partial charge in [-0.15, -0.1) is 0 Å². The molecule has 0 saturated carbocycles. The molecule has 1 aromatic carbocycles. The zero-order chi connectivity index (χ0) is 11.3. The van der Waals surface area contributed by atoms with Gasteiger partial charge in [-0.25, -0.2) is 0 Å². The SMILES string of the molecule is Cc1cc(Br)ccc1CCCCC(=O)O. The van der Waals surface area contributed by atoms with Gasteiger partial charge in [0.15, 0.2) is 0 Å². The predicted molar refractivity (Wildman–Crippen MR) is 64.1 cm³/mol. The fourth-order valence-electron chi connectivity index (χ4n) is 1.53. The molecule has 0 radical (unpaired) electrons. The first-order chi connectivity index (χ1) is 7.09. The molecule has 3 heteroatoms. The van der Waals surface area contributed by atoms with Gasteiger partial charge in [-0.05, 0) is 49.4 Å². The third-order valence-electron chi connectivity index (χ3n) is 2.39. The van der Waals surface area contributed by atoms with E-state index in [2.05, 4.69) is 35.0 Å². The highest BCUT2D eigenvalue weighted by Gasteiger charge is 2.00. The summed E-state index contributed by atoms with van der Waals surface area (Å²) in [6, 6.07) is 6.21. The van der Waals surface area contributed by atoms with Gasteiger partial charge in [0.1, 0.15) is 0 Å². The largest absolute Gasteiger partial charge is 0.481 e. The number of benzene rings is 1. The van der Waals surface area contributed by atoms with Crippen molar-refractivity contribution in [2.24, 2.45) is 0 Å². The monoisotopic (exact) mass is 270 g/mol. The Hall–Kier alpha value is -0.830. The van der Waals surface area contributed by atoms with E-state index in [4.69, 9.17) is 5.11 Å². The summed E-state index contributed by atoms with van der Waals surface area (Å²) in [5, 5.41) is 8.50. The standard InChI is InChI=1S/C12H15BrO2/c1-9-8-11(13)7-6-10(9)4-2-3-5-12(14)15/h6-8H,2-5H2,1H3,(H,14,15). The van der Waals surface area contributed by atoms with Gasteiger partial charge in [-0.1, -0.05) is 22.0 Å². The van der Waals surface area contributed by atoms with Crippen molar-refractivity contribution in [1.82, 2.24) is 0 Å². The lowest BCUT2D eigenvalue weighted by atomic mass is 10.0. The number of carboxylic acids is 1. The van der Waals surface area contributed by atoms with E-state index in [-0.39, 0.29) is 6.42 Å². The van der Waals surface area contributed by atoms with Crippen molar-refractivity contribution >= 4 is 21.9 Å². The molecule has 82 valence electrons. The fraction of sp³-hybridized carbons (Fsp3) is 0.417. The minimum atomic E-state index is -0.706. The van der Waals surface area contributed by atoms with Crippen LogP contribution in [-0.4, -0.2) is 11.1 Å². The summed E-state index contributed by atoms with van der Waals surface area (Å²) < 4.78 is 1.09. The van der Waals surface area contributed by atoms with Crippen LogP contribution in [0.2, 0.25) is 0 Å². The van der Waals surface area contributed by atoms with Crippen molar-refractivity contribution in [2.75, 3.05) is 0 Å². The molecule has 15 heavy (non-hydrogen) atoms. The van der Waals surface area contributed by atoms with Crippen LogP contribution in [0.25, 0.3) is 0 Å². The molecule has 0 aromatic heterocycles. The Labute approximate surface area is 98.4 Å². The van der Waals surface area contributed by atoms with E-state index in [1.807, 2.05) is 6.07 Å². The van der Waals surface area contributed by atoms with Crippen molar-refractivity contribution in [1.29, 1.82) is 0 Å². The smallest absolute Gasteiger partial charge is 0.303 e. The molecule has 0 aliphatic rings. The summed E-state index contributed by atoms with van der Waals surface area (Å²) in [5.74, 6) is -0.706. The van der Waals surface area contributed by atoms with Crippen LogP contribution in [0, 0.1) is 6.92 Å². The normalized spacial score (nSPS) is 10.3. The van der Waals surface area contributed by atoms with Crippen molar-refractivity contribution in [3.63, 3.8) is 0 Å². The summed E-state index contributed by atoms with van der Waals surface area (Å²) in [6.45, 7) is 2.08. The Balaban J connectivity index is 2.40. The second-order valence-corrected chi connectivity index (χ2v) is 4.59. The van der Waals surface area contributed by atoms with Crippen LogP contribution in [0.1, 0.15) is 30.4 Å². The quantitative estimate of drug-likeness (QED) is 0.831. The van der Waals surface area contributed by atoms with Gasteiger partial charge < -0.3 is 5.11 Å². The summed E-state index contributed by atoms with van der Waals surface area (Å²) in [5.41, 5.74) is 2.57. The summed E-state index contributed by atoms with van der Waals surface area (Å²) in [6.07, 6.45) is 2.93. The number of carboxylic acid groups (broad SMARTS) is 1. The molecule has 2 nitrogen and oxygen atoms in total. The number of rotatable bonds is 5. The molecule has 0 bridgehead atoms. The Morgan fingerprint density at radius 1 is 1.40 bits per heavy atom. The maximum atomic E-state index is 10.3. The van der Waals surface area contributed by atoms with Crippen LogP contribution in [0.3, 0.4) is 0 Å². The first-order valence-corrected chi connectivity index (χ1v) is 5.85. The number of aliphatic carboxylic acids is 1. The highest BCUT2D eigenvalue weighted by molar-refractivity contribution is 9.10. The zero-order valence-electron chi connectivity index (χ0n) is 8.79. The van der Waals surface area contributed by atoms with Crippen LogP contribution in [0.15, 0.2) is 22.7 Å². The Bertz CT molecular complexity index is 347. The first-order valence-electron chi connectivity index (χ1n) is 5.06. The second-order valence-electron chi connectivity index (χ2n) is 3.67. The van der Waals surface area contributed by atoms with Crippen LogP contribution >= 0.6 is 15.9 Å². The van der Waals surface area contributed by atoms with Gasteiger partial charge in [0.2, 0.25) is 0 Å². The Morgan fingerprint density at radius 2 is 2.13 bits per heavy atom. The maximum absolute atomic E-state index is 10.3. The highest BCUT2D eigenvalue weighted by atomic mass is 79.9. The van der Waals surface area contributed by atoms with Crippen molar-refractivity contribution < 1.29 is 9.90 Å². The maximum Gasteiger partial charge on any atom is 0.303 e. The molecule has 0 unspecified atom stereocenters. The van der Waals surface area contributed by atoms with E-state index >= 15 is 0 Å². The molecule has 1 aromatic rings. The van der Waals surface area contributed by atoms with Gasteiger partial charge in [0.25, 0.3) is 0 Å². The molecule has 1 rings (SSSR count). The van der Waals surface area contributed by atoms with Crippen LogP contribution in [0.4, 0.5) is 0 Å². The number of hydrogen-bond acceptors (Lipinski definition) is 1. The minimum absolute atomic E-state index is 0.273. The average molecular weight is 271 g/mol. The van der Waals surface area contributed by atoms with Crippen LogP contribution in [0.5, 0.6) is 0 Å². The molecule has 0 heterocycles. The third-order valence-corrected chi connectivity index (χ3v) is 2.88. The van der Waals surface area contributed by atoms with Crippen molar-refractivity contribution in [3.05, 3.63) is 33.8 Å². The number of hydrogen-bond donors (Lipinski definition) is 1. The van der Waals surface area contributed by atoms with Crippen molar-refractivity contribution in [3.8, 4) is 0 Å². The molecule has 0 amide bonds. The Kier molecular flexibility index (Phi) is 4.82. The molecule has 0 aliphatic carbocycles. The molecule has 0 spiro atoms. The summed E-state index contributed by atoms with van der Waals surface area (Å²) >= 11 is 3.42. The number of carbonyl (C=O) groups is 1. The van der Waals surface area contributed by atoms with Gasteiger partial charge >= 0.3 is 5.97 Å². The fourth-order valence-corrected chi connectivity index (χ4v) is 2.01. The van der Waals surface area contributed by atoms with Crippen LogP contribution in [-0.2, 0) is 11.2 Å². The molecule has 1 N–H and O–H groups in total. The molecular weight excluding hydrogens is 256 g/mol. The van der Waals surface area contributed by atoms with Gasteiger partial charge in [0, 0.05) is 10.9 Å².